The van der Waals surface area contributed by atoms with Gasteiger partial charge in [-0.05, 0) is 41.8 Å². The van der Waals surface area contributed by atoms with Crippen molar-refractivity contribution in [3.8, 4) is 0 Å². The van der Waals surface area contributed by atoms with Crippen LogP contribution in [0, 0.1) is 0 Å². The average molecular weight is 394 g/mol. The highest BCUT2D eigenvalue weighted by Crippen LogP contribution is 2.37. The zero-order valence-electron chi connectivity index (χ0n) is 15.1. The highest BCUT2D eigenvalue weighted by molar-refractivity contribution is 6.06. The molecule has 1 saturated carbocycles. The van der Waals surface area contributed by atoms with Crippen molar-refractivity contribution >= 4 is 39.2 Å². The molecule has 146 valence electrons. The smallest absolute Gasteiger partial charge is 0.270 e. The van der Waals surface area contributed by atoms with Gasteiger partial charge in [0.1, 0.15) is 11.2 Å². The van der Waals surface area contributed by atoms with E-state index in [1.165, 1.54) is 6.20 Å². The number of fused-ring (bicyclic) bond motifs is 2. The van der Waals surface area contributed by atoms with Gasteiger partial charge in [0.2, 0.25) is 0 Å². The van der Waals surface area contributed by atoms with E-state index >= 15 is 0 Å². The molecule has 5 rings (SSSR count). The van der Waals surface area contributed by atoms with Crippen LogP contribution in [0.3, 0.4) is 0 Å². The summed E-state index contributed by atoms with van der Waals surface area (Å²) in [5.74, 6) is -2.53. The Hall–Kier alpha value is -3.62. The van der Waals surface area contributed by atoms with Crippen LogP contribution in [0.15, 0.2) is 48.8 Å². The number of nitrogens with one attached hydrogen (secondary N) is 3. The minimum absolute atomic E-state index is 0.219. The Morgan fingerprint density at radius 3 is 2.83 bits per heavy atom. The first kappa shape index (κ1) is 17.5. The van der Waals surface area contributed by atoms with E-state index in [4.69, 9.17) is 0 Å². The quantitative estimate of drug-likeness (QED) is 0.490. The molecule has 0 spiro atoms. The van der Waals surface area contributed by atoms with E-state index < -0.39 is 17.9 Å². The molecule has 0 atom stereocenters. The van der Waals surface area contributed by atoms with Gasteiger partial charge in [-0.3, -0.25) is 19.9 Å². The van der Waals surface area contributed by atoms with Crippen molar-refractivity contribution in [2.24, 2.45) is 0 Å². The van der Waals surface area contributed by atoms with Crippen molar-refractivity contribution < 1.29 is 13.6 Å². The van der Waals surface area contributed by atoms with E-state index in [9.17, 15) is 13.6 Å². The number of nitrogens with zero attached hydrogens (tertiary/aromatic N) is 3. The zero-order chi connectivity index (χ0) is 20.0. The lowest BCUT2D eigenvalue weighted by molar-refractivity contribution is -0.0901. The molecule has 7 nitrogen and oxygen atoms in total. The van der Waals surface area contributed by atoms with Crippen molar-refractivity contribution in [2.45, 2.75) is 24.8 Å². The molecule has 0 radical (unpaired) electrons. The third-order valence-corrected chi connectivity index (χ3v) is 4.99. The van der Waals surface area contributed by atoms with Crippen molar-refractivity contribution in [1.29, 1.82) is 0 Å². The van der Waals surface area contributed by atoms with Crippen molar-refractivity contribution in [3.63, 3.8) is 0 Å². The van der Waals surface area contributed by atoms with Gasteiger partial charge in [-0.1, -0.05) is 0 Å². The predicted molar refractivity (Wildman–Crippen MR) is 104 cm³/mol. The molecule has 1 aromatic carbocycles. The molecule has 0 aliphatic heterocycles. The Labute approximate surface area is 163 Å². The number of rotatable bonds is 4. The summed E-state index contributed by atoms with van der Waals surface area (Å²) < 4.78 is 26.0. The molecule has 3 heterocycles. The molecule has 0 saturated heterocycles. The van der Waals surface area contributed by atoms with E-state index in [0.29, 0.717) is 11.2 Å². The summed E-state index contributed by atoms with van der Waals surface area (Å²) in [4.78, 5) is 21.0. The Bertz CT molecular complexity index is 1230. The second-order valence-electron chi connectivity index (χ2n) is 7.13. The third-order valence-electron chi connectivity index (χ3n) is 4.99. The van der Waals surface area contributed by atoms with Gasteiger partial charge in [0.15, 0.2) is 5.82 Å². The Kier molecular flexibility index (Phi) is 3.90. The number of amides is 1. The van der Waals surface area contributed by atoms with Crippen LogP contribution in [0.5, 0.6) is 0 Å². The van der Waals surface area contributed by atoms with Crippen molar-refractivity contribution in [2.75, 3.05) is 5.32 Å². The summed E-state index contributed by atoms with van der Waals surface area (Å²) >= 11 is 0. The number of halogens is 2. The highest BCUT2D eigenvalue weighted by Gasteiger charge is 2.46. The van der Waals surface area contributed by atoms with E-state index in [-0.39, 0.29) is 18.5 Å². The number of alkyl halides is 2. The van der Waals surface area contributed by atoms with Gasteiger partial charge in [-0.25, -0.2) is 8.78 Å². The summed E-state index contributed by atoms with van der Waals surface area (Å²) in [6.07, 6.45) is 2.56. The first-order valence-electron chi connectivity index (χ1n) is 9.12. The maximum absolute atomic E-state index is 13.0. The molecule has 9 heteroatoms. The lowest BCUT2D eigenvalue weighted by Crippen LogP contribution is -2.50. The molecule has 1 aliphatic rings. The molecular weight excluding hydrogens is 378 g/mol. The largest absolute Gasteiger partial charge is 0.347 e. The second kappa shape index (κ2) is 6.47. The highest BCUT2D eigenvalue weighted by atomic mass is 19.3. The molecule has 1 aliphatic carbocycles. The topological polar surface area (TPSA) is 95.6 Å². The monoisotopic (exact) mass is 394 g/mol. The Morgan fingerprint density at radius 1 is 1.14 bits per heavy atom. The molecular formula is C20H16F2N6O. The SMILES string of the molecule is O=C(NC1CC(F)(F)C1)c1nccc2cc(Nc3n[nH]c4cccnc34)ccc12. The fourth-order valence-electron chi connectivity index (χ4n) is 3.53. The predicted octanol–water partition coefficient (Wildman–Crippen LogP) is 3.78. The van der Waals surface area contributed by atoms with Crippen LogP contribution in [-0.2, 0) is 0 Å². The van der Waals surface area contributed by atoms with Gasteiger partial charge in [0.05, 0.1) is 5.52 Å². The number of hydrogen-bond acceptors (Lipinski definition) is 5. The number of anilines is 2. The maximum Gasteiger partial charge on any atom is 0.270 e. The second-order valence-corrected chi connectivity index (χ2v) is 7.13. The molecule has 3 N–H and O–H groups in total. The van der Waals surface area contributed by atoms with E-state index in [0.717, 1.165) is 22.1 Å². The number of carbonyl (C=O) groups excluding carboxylic acids is 1. The van der Waals surface area contributed by atoms with Crippen LogP contribution in [-0.4, -0.2) is 38.0 Å². The lowest BCUT2D eigenvalue weighted by atomic mass is 9.88. The number of aromatic nitrogens is 4. The van der Waals surface area contributed by atoms with Crippen molar-refractivity contribution in [1.82, 2.24) is 25.5 Å². The van der Waals surface area contributed by atoms with Crippen molar-refractivity contribution in [3.05, 3.63) is 54.5 Å². The summed E-state index contributed by atoms with van der Waals surface area (Å²) in [7, 11) is 0. The number of H-pyrrole nitrogens is 1. The Morgan fingerprint density at radius 2 is 2.00 bits per heavy atom. The number of pyridine rings is 2. The number of aromatic amines is 1. The van der Waals surface area contributed by atoms with Crippen LogP contribution < -0.4 is 10.6 Å². The number of benzene rings is 1. The summed E-state index contributed by atoms with van der Waals surface area (Å²) in [6, 6.07) is 10.4. The van der Waals surface area contributed by atoms with Gasteiger partial charge in [0, 0.05) is 42.4 Å². The molecule has 0 unspecified atom stereocenters. The van der Waals surface area contributed by atoms with E-state index in [1.807, 2.05) is 24.3 Å². The van der Waals surface area contributed by atoms with Crippen LogP contribution in [0.25, 0.3) is 21.8 Å². The van der Waals surface area contributed by atoms with Crippen LogP contribution >= 0.6 is 0 Å². The Balaban J connectivity index is 1.40. The lowest BCUT2D eigenvalue weighted by Gasteiger charge is -2.35. The third kappa shape index (κ3) is 3.24. The fraction of sp³-hybridized carbons (Fsp3) is 0.200. The molecule has 1 amide bonds. The average Bonchev–Trinajstić information content (AvgIpc) is 3.09. The zero-order valence-corrected chi connectivity index (χ0v) is 15.1. The number of carbonyl (C=O) groups is 1. The van der Waals surface area contributed by atoms with Gasteiger partial charge < -0.3 is 10.6 Å². The first-order valence-corrected chi connectivity index (χ1v) is 9.12. The van der Waals surface area contributed by atoms with E-state index in [2.05, 4.69) is 30.8 Å². The molecule has 0 bridgehead atoms. The normalized spacial score (nSPS) is 15.9. The van der Waals surface area contributed by atoms with Gasteiger partial charge in [-0.15, -0.1) is 0 Å². The number of hydrogen-bond donors (Lipinski definition) is 3. The van der Waals surface area contributed by atoms with E-state index in [1.54, 1.807) is 18.3 Å². The van der Waals surface area contributed by atoms with Gasteiger partial charge in [0.25, 0.3) is 11.8 Å². The first-order chi connectivity index (χ1) is 14.0. The minimum atomic E-state index is -2.68. The molecule has 29 heavy (non-hydrogen) atoms. The van der Waals surface area contributed by atoms with Crippen LogP contribution in [0.1, 0.15) is 23.3 Å². The van der Waals surface area contributed by atoms with Crippen LogP contribution in [0.4, 0.5) is 20.3 Å². The van der Waals surface area contributed by atoms with Gasteiger partial charge in [-0.2, -0.15) is 5.10 Å². The minimum Gasteiger partial charge on any atom is -0.347 e. The van der Waals surface area contributed by atoms with Crippen LogP contribution in [0.2, 0.25) is 0 Å². The standard InChI is InChI=1S/C20H16F2N6O/c21-20(22)9-13(10-20)26-19(29)16-14-4-3-12(8-11(14)5-7-24-16)25-18-17-15(27-28-18)2-1-6-23-17/h1-8,13H,9-10H2,(H,26,29)(H2,25,27,28). The molecule has 1 fully saturated rings. The molecule has 3 aromatic heterocycles. The maximum atomic E-state index is 13.0. The summed E-state index contributed by atoms with van der Waals surface area (Å²) in [5.41, 5.74) is 2.53. The fourth-order valence-corrected chi connectivity index (χ4v) is 3.53. The summed E-state index contributed by atoms with van der Waals surface area (Å²) in [5, 5.41) is 14.4. The molecule has 4 aromatic rings. The van der Waals surface area contributed by atoms with Gasteiger partial charge >= 0.3 is 0 Å². The summed E-state index contributed by atoms with van der Waals surface area (Å²) in [6.45, 7) is 0.